The van der Waals surface area contributed by atoms with Crippen LogP contribution >= 0.6 is 0 Å². The molecule has 0 atom stereocenters. The van der Waals surface area contributed by atoms with Crippen LogP contribution in [0.3, 0.4) is 0 Å². The molecule has 0 aliphatic rings. The van der Waals surface area contributed by atoms with Crippen molar-refractivity contribution >= 4 is 12.2 Å². The quantitative estimate of drug-likeness (QED) is 0.618. The second kappa shape index (κ2) is 7.65. The van der Waals surface area contributed by atoms with E-state index in [9.17, 15) is 4.79 Å². The van der Waals surface area contributed by atoms with Gasteiger partial charge in [0.25, 0.3) is 0 Å². The molecule has 1 rings (SSSR count). The number of nitrogens with one attached hydrogen (secondary N) is 1. The highest BCUT2D eigenvalue weighted by molar-refractivity contribution is 5.81. The van der Waals surface area contributed by atoms with E-state index in [4.69, 9.17) is 5.73 Å². The van der Waals surface area contributed by atoms with Gasteiger partial charge in [-0.05, 0) is 44.9 Å². The molecule has 1 aromatic rings. The number of rotatable bonds is 6. The Morgan fingerprint density at radius 1 is 1.35 bits per heavy atom. The van der Waals surface area contributed by atoms with Gasteiger partial charge in [0.2, 0.25) is 0 Å². The molecule has 20 heavy (non-hydrogen) atoms. The number of nitrogens with zero attached hydrogens (tertiary/aromatic N) is 2. The Labute approximate surface area is 120 Å². The first-order valence-corrected chi connectivity index (χ1v) is 6.83. The van der Waals surface area contributed by atoms with E-state index in [0.717, 1.165) is 12.1 Å². The van der Waals surface area contributed by atoms with Gasteiger partial charge in [0.15, 0.2) is 0 Å². The Morgan fingerprint density at radius 3 is 2.55 bits per heavy atom. The highest BCUT2D eigenvalue weighted by atomic mass is 16.2. The summed E-state index contributed by atoms with van der Waals surface area (Å²) in [4.78, 5) is 13.0. The van der Waals surface area contributed by atoms with Gasteiger partial charge in [-0.25, -0.2) is 10.2 Å². The fourth-order valence-electron chi connectivity index (χ4n) is 2.11. The van der Waals surface area contributed by atoms with E-state index < -0.39 is 6.03 Å². The van der Waals surface area contributed by atoms with Gasteiger partial charge in [0, 0.05) is 18.6 Å². The minimum absolute atomic E-state index is 0.490. The standard InChI is InChI=1S/C15H24N4O/c1-11(2)19(12(3)4)10-14-7-5-6-13(8-14)9-17-18-15(16)20/h5-9,11-12H,10H2,1-4H3,(H3,16,18,20). The van der Waals surface area contributed by atoms with Crippen LogP contribution in [0.25, 0.3) is 0 Å². The van der Waals surface area contributed by atoms with Crippen LogP contribution in [0.1, 0.15) is 38.8 Å². The molecule has 2 amide bonds. The van der Waals surface area contributed by atoms with E-state index in [1.54, 1.807) is 6.21 Å². The number of hydrogen-bond acceptors (Lipinski definition) is 3. The van der Waals surface area contributed by atoms with E-state index in [0.29, 0.717) is 12.1 Å². The molecule has 110 valence electrons. The first-order valence-electron chi connectivity index (χ1n) is 6.83. The average Bonchev–Trinajstić information content (AvgIpc) is 2.35. The number of nitrogens with two attached hydrogens (primary N) is 1. The highest BCUT2D eigenvalue weighted by Crippen LogP contribution is 2.13. The molecule has 0 aromatic heterocycles. The van der Waals surface area contributed by atoms with Crippen molar-refractivity contribution in [2.45, 2.75) is 46.3 Å². The van der Waals surface area contributed by atoms with E-state index in [-0.39, 0.29) is 0 Å². The van der Waals surface area contributed by atoms with E-state index in [1.165, 1.54) is 5.56 Å². The zero-order chi connectivity index (χ0) is 15.1. The predicted octanol–water partition coefficient (Wildman–Crippen LogP) is 2.31. The lowest BCUT2D eigenvalue weighted by Crippen LogP contribution is -2.36. The van der Waals surface area contributed by atoms with Gasteiger partial charge < -0.3 is 5.73 Å². The Balaban J connectivity index is 2.77. The SMILES string of the molecule is CC(C)N(Cc1cccc(C=NNC(N)=O)c1)C(C)C. The number of carbonyl (C=O) groups excluding carboxylic acids is 1. The molecule has 0 heterocycles. The van der Waals surface area contributed by atoms with Gasteiger partial charge in [-0.2, -0.15) is 5.10 Å². The summed E-state index contributed by atoms with van der Waals surface area (Å²) in [5.41, 5.74) is 9.29. The van der Waals surface area contributed by atoms with E-state index >= 15 is 0 Å². The molecule has 0 unspecified atom stereocenters. The zero-order valence-corrected chi connectivity index (χ0v) is 12.6. The first-order chi connectivity index (χ1) is 9.40. The molecule has 0 spiro atoms. The van der Waals surface area contributed by atoms with Gasteiger partial charge in [0.1, 0.15) is 0 Å². The second-order valence-corrected chi connectivity index (χ2v) is 5.34. The summed E-state index contributed by atoms with van der Waals surface area (Å²) >= 11 is 0. The van der Waals surface area contributed by atoms with E-state index in [1.807, 2.05) is 12.1 Å². The van der Waals surface area contributed by atoms with Crippen LogP contribution in [0.2, 0.25) is 0 Å². The summed E-state index contributed by atoms with van der Waals surface area (Å²) in [5.74, 6) is 0. The predicted molar refractivity (Wildman–Crippen MR) is 82.6 cm³/mol. The van der Waals surface area contributed by atoms with Crippen LogP contribution in [-0.4, -0.2) is 29.2 Å². The minimum Gasteiger partial charge on any atom is -0.350 e. The maximum atomic E-state index is 10.5. The summed E-state index contributed by atoms with van der Waals surface area (Å²) in [7, 11) is 0. The third-order valence-electron chi connectivity index (χ3n) is 3.03. The highest BCUT2D eigenvalue weighted by Gasteiger charge is 2.13. The Hall–Kier alpha value is -1.88. The monoisotopic (exact) mass is 276 g/mol. The van der Waals surface area contributed by atoms with Crippen LogP contribution < -0.4 is 11.2 Å². The number of primary amides is 1. The lowest BCUT2D eigenvalue weighted by molar-refractivity contribution is 0.166. The smallest absolute Gasteiger partial charge is 0.332 e. The molecule has 0 saturated carbocycles. The molecule has 1 aromatic carbocycles. The molecule has 5 nitrogen and oxygen atoms in total. The fourth-order valence-corrected chi connectivity index (χ4v) is 2.11. The van der Waals surface area contributed by atoms with Crippen molar-refractivity contribution in [3.05, 3.63) is 35.4 Å². The molecule has 0 radical (unpaired) electrons. The van der Waals surface area contributed by atoms with Crippen molar-refractivity contribution in [3.63, 3.8) is 0 Å². The molecule has 0 bridgehead atoms. The molecule has 0 aliphatic heterocycles. The van der Waals surface area contributed by atoms with Crippen molar-refractivity contribution in [3.8, 4) is 0 Å². The normalized spacial score (nSPS) is 11.8. The van der Waals surface area contributed by atoms with Crippen LogP contribution in [0.4, 0.5) is 4.79 Å². The summed E-state index contributed by atoms with van der Waals surface area (Å²) in [5, 5.41) is 3.77. The molecule has 5 heteroatoms. The molecule has 0 aliphatic carbocycles. The number of benzene rings is 1. The number of amides is 2. The topological polar surface area (TPSA) is 70.7 Å². The molecule has 0 saturated heterocycles. The van der Waals surface area contributed by atoms with Crippen molar-refractivity contribution < 1.29 is 4.79 Å². The summed E-state index contributed by atoms with van der Waals surface area (Å²) < 4.78 is 0. The number of hydrazone groups is 1. The summed E-state index contributed by atoms with van der Waals surface area (Å²) in [6, 6.07) is 8.39. The molecular formula is C15H24N4O. The molecule has 3 N–H and O–H groups in total. The third-order valence-corrected chi connectivity index (χ3v) is 3.03. The number of carbonyl (C=O) groups is 1. The summed E-state index contributed by atoms with van der Waals surface area (Å²) in [6.45, 7) is 9.68. The lowest BCUT2D eigenvalue weighted by Gasteiger charge is -2.30. The van der Waals surface area contributed by atoms with Gasteiger partial charge in [-0.1, -0.05) is 18.2 Å². The number of hydrogen-bond donors (Lipinski definition) is 2. The van der Waals surface area contributed by atoms with Crippen LogP contribution in [0, 0.1) is 0 Å². The van der Waals surface area contributed by atoms with Crippen LogP contribution in [0.5, 0.6) is 0 Å². The maximum absolute atomic E-state index is 10.5. The van der Waals surface area contributed by atoms with Crippen molar-refractivity contribution in [2.24, 2.45) is 10.8 Å². The van der Waals surface area contributed by atoms with Crippen molar-refractivity contribution in [2.75, 3.05) is 0 Å². The van der Waals surface area contributed by atoms with Crippen LogP contribution in [-0.2, 0) is 6.54 Å². The molecular weight excluding hydrogens is 252 g/mol. The Kier molecular flexibility index (Phi) is 6.18. The first kappa shape index (κ1) is 16.2. The van der Waals surface area contributed by atoms with Gasteiger partial charge in [-0.3, -0.25) is 4.90 Å². The summed E-state index contributed by atoms with van der Waals surface area (Å²) in [6.07, 6.45) is 1.59. The van der Waals surface area contributed by atoms with E-state index in [2.05, 4.69) is 55.3 Å². The number of urea groups is 1. The fraction of sp³-hybridized carbons (Fsp3) is 0.467. The average molecular weight is 276 g/mol. The van der Waals surface area contributed by atoms with Gasteiger partial charge in [0.05, 0.1) is 6.21 Å². The van der Waals surface area contributed by atoms with Crippen LogP contribution in [0.15, 0.2) is 29.4 Å². The van der Waals surface area contributed by atoms with Gasteiger partial charge in [-0.15, -0.1) is 0 Å². The maximum Gasteiger partial charge on any atom is 0.332 e. The Bertz CT molecular complexity index is 461. The largest absolute Gasteiger partial charge is 0.350 e. The van der Waals surface area contributed by atoms with Crippen molar-refractivity contribution in [1.29, 1.82) is 0 Å². The second-order valence-electron chi connectivity index (χ2n) is 5.34. The molecule has 0 fully saturated rings. The Morgan fingerprint density at radius 2 is 2.00 bits per heavy atom. The van der Waals surface area contributed by atoms with Gasteiger partial charge >= 0.3 is 6.03 Å². The third kappa shape index (κ3) is 5.40. The lowest BCUT2D eigenvalue weighted by atomic mass is 10.1. The van der Waals surface area contributed by atoms with Crippen molar-refractivity contribution in [1.82, 2.24) is 10.3 Å². The zero-order valence-electron chi connectivity index (χ0n) is 12.6. The minimum atomic E-state index is -0.664.